The molecule has 4 heteroatoms. The highest BCUT2D eigenvalue weighted by molar-refractivity contribution is 9.10. The van der Waals surface area contributed by atoms with E-state index < -0.39 is 6.10 Å². The molecule has 1 aromatic carbocycles. The van der Waals surface area contributed by atoms with Gasteiger partial charge in [-0.05, 0) is 60.5 Å². The lowest BCUT2D eigenvalue weighted by atomic mass is 10.1. The van der Waals surface area contributed by atoms with Crippen LogP contribution in [0.4, 0.5) is 0 Å². The molecule has 0 spiro atoms. The number of benzene rings is 1. The Morgan fingerprint density at radius 1 is 1.26 bits per heavy atom. The fourth-order valence-corrected chi connectivity index (χ4v) is 3.75. The third-order valence-electron chi connectivity index (χ3n) is 2.63. The number of aryl methyl sites for hydroxylation is 1. The van der Waals surface area contributed by atoms with E-state index in [1.807, 2.05) is 51.1 Å². The average Bonchev–Trinajstić information content (AvgIpc) is 2.67. The van der Waals surface area contributed by atoms with E-state index in [1.54, 1.807) is 11.3 Å². The SMILES string of the molecule is Cc1cc(Br)c(C(O)c2cccc(OC(C)C)c2)s1. The fourth-order valence-electron chi connectivity index (χ4n) is 1.87. The van der Waals surface area contributed by atoms with E-state index in [0.29, 0.717) is 0 Å². The number of aliphatic hydroxyl groups is 1. The summed E-state index contributed by atoms with van der Waals surface area (Å²) in [7, 11) is 0. The highest BCUT2D eigenvalue weighted by Crippen LogP contribution is 2.36. The van der Waals surface area contributed by atoms with Gasteiger partial charge in [-0.25, -0.2) is 0 Å². The van der Waals surface area contributed by atoms with Crippen molar-refractivity contribution in [2.45, 2.75) is 33.0 Å². The first kappa shape index (κ1) is 14.6. The standard InChI is InChI=1S/C15H17BrO2S/c1-9(2)18-12-6-4-5-11(8-12)14(17)15-13(16)7-10(3)19-15/h4-9,14,17H,1-3H3. The van der Waals surface area contributed by atoms with Crippen molar-refractivity contribution in [1.29, 1.82) is 0 Å². The van der Waals surface area contributed by atoms with Gasteiger partial charge in [-0.2, -0.15) is 0 Å². The lowest BCUT2D eigenvalue weighted by Crippen LogP contribution is -2.06. The van der Waals surface area contributed by atoms with Crippen molar-refractivity contribution >= 4 is 27.3 Å². The van der Waals surface area contributed by atoms with Crippen LogP contribution in [0.1, 0.15) is 35.3 Å². The zero-order valence-corrected chi connectivity index (χ0v) is 13.6. The summed E-state index contributed by atoms with van der Waals surface area (Å²) in [5.41, 5.74) is 0.848. The Bertz CT molecular complexity index is 563. The topological polar surface area (TPSA) is 29.5 Å². The maximum atomic E-state index is 10.5. The first-order chi connectivity index (χ1) is 8.97. The number of thiophene rings is 1. The summed E-state index contributed by atoms with van der Waals surface area (Å²) < 4.78 is 6.61. The van der Waals surface area contributed by atoms with Gasteiger partial charge in [0.25, 0.3) is 0 Å². The van der Waals surface area contributed by atoms with E-state index in [4.69, 9.17) is 4.74 Å². The summed E-state index contributed by atoms with van der Waals surface area (Å²) in [4.78, 5) is 2.11. The third kappa shape index (κ3) is 3.59. The second-order valence-electron chi connectivity index (χ2n) is 4.71. The number of aliphatic hydroxyl groups excluding tert-OH is 1. The van der Waals surface area contributed by atoms with Crippen LogP contribution in [0.3, 0.4) is 0 Å². The van der Waals surface area contributed by atoms with Crippen molar-refractivity contribution < 1.29 is 9.84 Å². The monoisotopic (exact) mass is 340 g/mol. The van der Waals surface area contributed by atoms with Gasteiger partial charge in [0.05, 0.1) is 11.0 Å². The molecule has 2 nitrogen and oxygen atoms in total. The summed E-state index contributed by atoms with van der Waals surface area (Å²) in [6, 6.07) is 9.65. The fraction of sp³-hybridized carbons (Fsp3) is 0.333. The van der Waals surface area contributed by atoms with E-state index in [1.165, 1.54) is 4.88 Å². The number of hydrogen-bond donors (Lipinski definition) is 1. The van der Waals surface area contributed by atoms with Crippen LogP contribution >= 0.6 is 27.3 Å². The second-order valence-corrected chi connectivity index (χ2v) is 6.85. The van der Waals surface area contributed by atoms with Crippen LogP contribution < -0.4 is 4.74 Å². The van der Waals surface area contributed by atoms with Crippen LogP contribution in [0, 0.1) is 6.92 Å². The zero-order chi connectivity index (χ0) is 14.0. The Morgan fingerprint density at radius 2 is 2.00 bits per heavy atom. The predicted octanol–water partition coefficient (Wildman–Crippen LogP) is 4.69. The van der Waals surface area contributed by atoms with Crippen molar-refractivity contribution in [3.05, 3.63) is 50.1 Å². The molecule has 0 saturated heterocycles. The molecule has 0 fully saturated rings. The molecule has 0 saturated carbocycles. The third-order valence-corrected chi connectivity index (χ3v) is 4.65. The minimum atomic E-state index is -0.621. The Hall–Kier alpha value is -0.840. The smallest absolute Gasteiger partial charge is 0.120 e. The normalized spacial score (nSPS) is 12.7. The van der Waals surface area contributed by atoms with E-state index in [2.05, 4.69) is 15.9 Å². The largest absolute Gasteiger partial charge is 0.491 e. The molecule has 2 aromatic rings. The van der Waals surface area contributed by atoms with Crippen LogP contribution in [-0.4, -0.2) is 11.2 Å². The van der Waals surface area contributed by atoms with Crippen LogP contribution in [0.5, 0.6) is 5.75 Å². The molecule has 0 bridgehead atoms. The number of halogens is 1. The van der Waals surface area contributed by atoms with Gasteiger partial charge in [0, 0.05) is 9.35 Å². The Labute approximate surface area is 126 Å². The van der Waals surface area contributed by atoms with Gasteiger partial charge in [0.2, 0.25) is 0 Å². The first-order valence-electron chi connectivity index (χ1n) is 6.18. The maximum absolute atomic E-state index is 10.5. The van der Waals surface area contributed by atoms with Gasteiger partial charge in [-0.1, -0.05) is 12.1 Å². The molecule has 1 N–H and O–H groups in total. The Kier molecular flexibility index (Phi) is 4.66. The van der Waals surface area contributed by atoms with E-state index in [0.717, 1.165) is 20.7 Å². The Balaban J connectivity index is 2.28. The van der Waals surface area contributed by atoms with Crippen molar-refractivity contribution in [2.24, 2.45) is 0 Å². The summed E-state index contributed by atoms with van der Waals surface area (Å²) in [5, 5.41) is 10.5. The maximum Gasteiger partial charge on any atom is 0.120 e. The molecule has 1 unspecified atom stereocenters. The van der Waals surface area contributed by atoms with Crippen molar-refractivity contribution in [3.8, 4) is 5.75 Å². The highest BCUT2D eigenvalue weighted by atomic mass is 79.9. The lowest BCUT2D eigenvalue weighted by molar-refractivity contribution is 0.219. The first-order valence-corrected chi connectivity index (χ1v) is 7.79. The number of hydrogen-bond acceptors (Lipinski definition) is 3. The van der Waals surface area contributed by atoms with Crippen LogP contribution in [0.2, 0.25) is 0 Å². The van der Waals surface area contributed by atoms with Gasteiger partial charge in [0.1, 0.15) is 11.9 Å². The van der Waals surface area contributed by atoms with Gasteiger partial charge in [-0.15, -0.1) is 11.3 Å². The molecule has 0 aliphatic carbocycles. The van der Waals surface area contributed by atoms with Crippen LogP contribution in [-0.2, 0) is 0 Å². The van der Waals surface area contributed by atoms with Crippen molar-refractivity contribution in [1.82, 2.24) is 0 Å². The minimum Gasteiger partial charge on any atom is -0.491 e. The molecule has 0 aliphatic rings. The summed E-state index contributed by atoms with van der Waals surface area (Å²) in [6.45, 7) is 6.01. The van der Waals surface area contributed by atoms with Crippen molar-refractivity contribution in [3.63, 3.8) is 0 Å². The minimum absolute atomic E-state index is 0.128. The molecule has 19 heavy (non-hydrogen) atoms. The van der Waals surface area contributed by atoms with Gasteiger partial charge in [0.15, 0.2) is 0 Å². The summed E-state index contributed by atoms with van der Waals surface area (Å²) >= 11 is 5.09. The molecule has 2 rings (SSSR count). The Morgan fingerprint density at radius 3 is 2.58 bits per heavy atom. The molecular formula is C15H17BrO2S. The molecule has 1 atom stereocenters. The van der Waals surface area contributed by atoms with Gasteiger partial charge >= 0.3 is 0 Å². The van der Waals surface area contributed by atoms with E-state index in [9.17, 15) is 5.11 Å². The second kappa shape index (κ2) is 6.07. The van der Waals surface area contributed by atoms with E-state index in [-0.39, 0.29) is 6.10 Å². The molecule has 0 aliphatic heterocycles. The lowest BCUT2D eigenvalue weighted by Gasteiger charge is -2.14. The van der Waals surface area contributed by atoms with Crippen molar-refractivity contribution in [2.75, 3.05) is 0 Å². The van der Waals surface area contributed by atoms with Gasteiger partial charge < -0.3 is 9.84 Å². The molecule has 0 amide bonds. The molecule has 1 heterocycles. The molecule has 102 valence electrons. The highest BCUT2D eigenvalue weighted by Gasteiger charge is 2.17. The molecular weight excluding hydrogens is 324 g/mol. The number of rotatable bonds is 4. The van der Waals surface area contributed by atoms with Gasteiger partial charge in [-0.3, -0.25) is 0 Å². The average molecular weight is 341 g/mol. The quantitative estimate of drug-likeness (QED) is 0.874. The summed E-state index contributed by atoms with van der Waals surface area (Å²) in [6.07, 6.45) is -0.494. The van der Waals surface area contributed by atoms with E-state index >= 15 is 0 Å². The van der Waals surface area contributed by atoms with Crippen LogP contribution in [0.15, 0.2) is 34.8 Å². The predicted molar refractivity (Wildman–Crippen MR) is 83.0 cm³/mol. The van der Waals surface area contributed by atoms with Crippen LogP contribution in [0.25, 0.3) is 0 Å². The zero-order valence-electron chi connectivity index (χ0n) is 11.2. The summed E-state index contributed by atoms with van der Waals surface area (Å²) in [5.74, 6) is 0.788. The molecule has 1 aromatic heterocycles. The number of ether oxygens (including phenoxy) is 1. The molecule has 0 radical (unpaired) electrons.